The van der Waals surface area contributed by atoms with Crippen LogP contribution in [0.15, 0.2) is 42.5 Å². The number of rotatable bonds is 1. The van der Waals surface area contributed by atoms with E-state index in [-0.39, 0.29) is 5.60 Å². The van der Waals surface area contributed by atoms with Crippen molar-refractivity contribution in [1.82, 2.24) is 0 Å². The molecule has 0 amide bonds. The molecule has 1 aliphatic rings. The first-order valence-corrected chi connectivity index (χ1v) is 6.50. The van der Waals surface area contributed by atoms with Gasteiger partial charge in [-0.25, -0.2) is 0 Å². The molecule has 1 aliphatic heterocycles. The Labute approximate surface area is 113 Å². The number of ether oxygens (including phenoxy) is 1. The monoisotopic (exact) mass is 255 g/mol. The lowest BCUT2D eigenvalue weighted by Crippen LogP contribution is -2.43. The number of hydrogen-bond donors (Lipinski definition) is 0. The van der Waals surface area contributed by atoms with Gasteiger partial charge < -0.3 is 9.94 Å². The van der Waals surface area contributed by atoms with Crippen LogP contribution in [0.25, 0.3) is 11.3 Å². The molecule has 0 N–H and O–H groups in total. The number of aromatic nitrogens is 1. The molecule has 3 heteroatoms. The number of pyridine rings is 1. The van der Waals surface area contributed by atoms with E-state index in [0.29, 0.717) is 18.7 Å². The number of nitrogens with zero attached hydrogens (tertiary/aromatic N) is 1. The summed E-state index contributed by atoms with van der Waals surface area (Å²) in [6.07, 6.45) is 0.645. The summed E-state index contributed by atoms with van der Waals surface area (Å²) in [7, 11) is 0. The zero-order chi connectivity index (χ0) is 13.5. The minimum atomic E-state index is -0.269. The maximum Gasteiger partial charge on any atom is 0.223 e. The topological polar surface area (TPSA) is 36.2 Å². The van der Waals surface area contributed by atoms with Crippen molar-refractivity contribution in [3.05, 3.63) is 58.9 Å². The summed E-state index contributed by atoms with van der Waals surface area (Å²) in [6, 6.07) is 13.6. The van der Waals surface area contributed by atoms with Gasteiger partial charge in [-0.05, 0) is 32.0 Å². The summed E-state index contributed by atoms with van der Waals surface area (Å²) >= 11 is 0. The van der Waals surface area contributed by atoms with Gasteiger partial charge >= 0.3 is 0 Å². The van der Waals surface area contributed by atoms with Crippen LogP contribution in [0, 0.1) is 5.21 Å². The average molecular weight is 255 g/mol. The van der Waals surface area contributed by atoms with Gasteiger partial charge in [0.25, 0.3) is 0 Å². The van der Waals surface area contributed by atoms with Crippen LogP contribution in [0.4, 0.5) is 0 Å². The molecule has 0 radical (unpaired) electrons. The van der Waals surface area contributed by atoms with Crippen molar-refractivity contribution in [1.29, 1.82) is 0 Å². The zero-order valence-corrected chi connectivity index (χ0v) is 11.2. The van der Waals surface area contributed by atoms with Crippen molar-refractivity contribution in [3.8, 4) is 11.3 Å². The van der Waals surface area contributed by atoms with Gasteiger partial charge in [0.15, 0.2) is 0 Å². The van der Waals surface area contributed by atoms with Gasteiger partial charge in [-0.1, -0.05) is 18.2 Å². The van der Waals surface area contributed by atoms with Gasteiger partial charge in [-0.15, -0.1) is 0 Å². The lowest BCUT2D eigenvalue weighted by atomic mass is 9.95. The molecular formula is C16H17NO2. The SMILES string of the molecule is CC1(C)Cc2c(ccc(-c3ccccc3)[n+]2[O-])CO1. The van der Waals surface area contributed by atoms with Gasteiger partial charge in [0.05, 0.1) is 18.6 Å². The quantitative estimate of drug-likeness (QED) is 0.580. The van der Waals surface area contributed by atoms with E-state index in [4.69, 9.17) is 4.74 Å². The molecule has 2 heterocycles. The Balaban J connectivity index is 2.11. The third-order valence-electron chi connectivity index (χ3n) is 3.56. The van der Waals surface area contributed by atoms with E-state index in [2.05, 4.69) is 0 Å². The van der Waals surface area contributed by atoms with E-state index < -0.39 is 0 Å². The van der Waals surface area contributed by atoms with Crippen LogP contribution in [0.3, 0.4) is 0 Å². The average Bonchev–Trinajstić information content (AvgIpc) is 2.40. The van der Waals surface area contributed by atoms with Crippen molar-refractivity contribution in [2.75, 3.05) is 0 Å². The Hall–Kier alpha value is -1.87. The van der Waals surface area contributed by atoms with Crippen molar-refractivity contribution in [2.45, 2.75) is 32.5 Å². The lowest BCUT2D eigenvalue weighted by molar-refractivity contribution is -0.605. The number of fused-ring (bicyclic) bond motifs is 1. The van der Waals surface area contributed by atoms with Crippen molar-refractivity contribution in [3.63, 3.8) is 0 Å². The normalized spacial score (nSPS) is 16.9. The molecule has 19 heavy (non-hydrogen) atoms. The highest BCUT2D eigenvalue weighted by Gasteiger charge is 2.32. The summed E-state index contributed by atoms with van der Waals surface area (Å²) in [5, 5.41) is 12.6. The Morgan fingerprint density at radius 3 is 2.58 bits per heavy atom. The van der Waals surface area contributed by atoms with Crippen LogP contribution >= 0.6 is 0 Å². The fraction of sp³-hybridized carbons (Fsp3) is 0.312. The molecule has 1 aromatic carbocycles. The van der Waals surface area contributed by atoms with Crippen LogP contribution in [0.2, 0.25) is 0 Å². The number of hydrogen-bond acceptors (Lipinski definition) is 2. The number of benzene rings is 1. The highest BCUT2D eigenvalue weighted by Crippen LogP contribution is 2.27. The van der Waals surface area contributed by atoms with E-state index in [1.807, 2.05) is 56.3 Å². The molecule has 0 bridgehead atoms. The molecule has 0 saturated carbocycles. The fourth-order valence-electron chi connectivity index (χ4n) is 2.49. The largest absolute Gasteiger partial charge is 0.618 e. The molecule has 1 aromatic heterocycles. The predicted octanol–water partition coefficient (Wildman–Crippen LogP) is 2.84. The Bertz CT molecular complexity index is 606. The van der Waals surface area contributed by atoms with Crippen LogP contribution in [0.1, 0.15) is 25.1 Å². The Kier molecular flexibility index (Phi) is 2.79. The van der Waals surface area contributed by atoms with Gasteiger partial charge in [0, 0.05) is 17.2 Å². The van der Waals surface area contributed by atoms with E-state index in [1.54, 1.807) is 0 Å². The first-order chi connectivity index (χ1) is 9.07. The summed E-state index contributed by atoms with van der Waals surface area (Å²) in [5.41, 5.74) is 3.21. The molecular weight excluding hydrogens is 238 g/mol. The molecule has 3 nitrogen and oxygen atoms in total. The summed E-state index contributed by atoms with van der Waals surface area (Å²) in [4.78, 5) is 0. The highest BCUT2D eigenvalue weighted by molar-refractivity contribution is 5.56. The van der Waals surface area contributed by atoms with Crippen LogP contribution in [-0.2, 0) is 17.8 Å². The molecule has 0 unspecified atom stereocenters. The fourth-order valence-corrected chi connectivity index (χ4v) is 2.49. The smallest absolute Gasteiger partial charge is 0.223 e. The van der Waals surface area contributed by atoms with E-state index in [1.165, 1.54) is 0 Å². The van der Waals surface area contributed by atoms with Crippen LogP contribution in [-0.4, -0.2) is 5.60 Å². The molecule has 3 rings (SSSR count). The van der Waals surface area contributed by atoms with Gasteiger partial charge in [0.1, 0.15) is 0 Å². The standard InChI is InChI=1S/C16H17NO2/c1-16(2)10-15-13(11-19-16)8-9-14(17(15)18)12-6-4-3-5-7-12/h3-9H,10-11H2,1-2H3. The third-order valence-corrected chi connectivity index (χ3v) is 3.56. The second kappa shape index (κ2) is 4.35. The van der Waals surface area contributed by atoms with Crippen LogP contribution < -0.4 is 4.73 Å². The van der Waals surface area contributed by atoms with E-state index in [0.717, 1.165) is 21.6 Å². The molecule has 2 aromatic rings. The van der Waals surface area contributed by atoms with Crippen LogP contribution in [0.5, 0.6) is 0 Å². The molecule has 0 spiro atoms. The molecule has 0 saturated heterocycles. The van der Waals surface area contributed by atoms with Crippen molar-refractivity contribution < 1.29 is 9.47 Å². The molecule has 0 fully saturated rings. The Morgan fingerprint density at radius 2 is 1.84 bits per heavy atom. The highest BCUT2D eigenvalue weighted by atomic mass is 16.5. The predicted molar refractivity (Wildman–Crippen MR) is 73.4 cm³/mol. The third kappa shape index (κ3) is 2.22. The second-order valence-electron chi connectivity index (χ2n) is 5.58. The summed E-state index contributed by atoms with van der Waals surface area (Å²) < 4.78 is 6.80. The van der Waals surface area contributed by atoms with Gasteiger partial charge in [0.2, 0.25) is 11.4 Å². The zero-order valence-electron chi connectivity index (χ0n) is 11.2. The van der Waals surface area contributed by atoms with Crippen molar-refractivity contribution in [2.24, 2.45) is 0 Å². The summed E-state index contributed by atoms with van der Waals surface area (Å²) in [5.74, 6) is 0. The minimum Gasteiger partial charge on any atom is -0.618 e. The lowest BCUT2D eigenvalue weighted by Gasteiger charge is -2.30. The van der Waals surface area contributed by atoms with E-state index >= 15 is 0 Å². The first-order valence-electron chi connectivity index (χ1n) is 6.50. The van der Waals surface area contributed by atoms with Crippen molar-refractivity contribution >= 4 is 0 Å². The summed E-state index contributed by atoms with van der Waals surface area (Å²) in [6.45, 7) is 4.55. The van der Waals surface area contributed by atoms with Gasteiger partial charge in [-0.3, -0.25) is 0 Å². The Morgan fingerprint density at radius 1 is 1.11 bits per heavy atom. The first kappa shape index (κ1) is 12.2. The maximum absolute atomic E-state index is 12.6. The molecule has 0 aliphatic carbocycles. The molecule has 98 valence electrons. The maximum atomic E-state index is 12.6. The van der Waals surface area contributed by atoms with Gasteiger partial charge in [-0.2, -0.15) is 4.73 Å². The second-order valence-corrected chi connectivity index (χ2v) is 5.58. The minimum absolute atomic E-state index is 0.269. The molecule has 0 atom stereocenters. The van der Waals surface area contributed by atoms with E-state index in [9.17, 15) is 5.21 Å².